The minimum atomic E-state index is -0.637. The monoisotopic (exact) mass is 523 g/mol. The van der Waals surface area contributed by atoms with Crippen molar-refractivity contribution < 1.29 is 19.1 Å². The van der Waals surface area contributed by atoms with E-state index in [4.69, 9.17) is 9.47 Å². The summed E-state index contributed by atoms with van der Waals surface area (Å²) in [6, 6.07) is -0.637. The van der Waals surface area contributed by atoms with Crippen LogP contribution in [0.25, 0.3) is 0 Å². The van der Waals surface area contributed by atoms with Crippen LogP contribution in [-0.2, 0) is 14.3 Å². The van der Waals surface area contributed by atoms with Gasteiger partial charge in [-0.05, 0) is 43.9 Å². The first-order valence-electron chi connectivity index (χ1n) is 15.9. The molecule has 1 saturated carbocycles. The number of ether oxygens (including phenoxy) is 2. The Bertz CT molecular complexity index is 593. The van der Waals surface area contributed by atoms with Crippen LogP contribution in [-0.4, -0.2) is 42.8 Å². The van der Waals surface area contributed by atoms with E-state index in [1.807, 2.05) is 0 Å². The maximum Gasteiger partial charge on any atom is 0.410 e. The van der Waals surface area contributed by atoms with Gasteiger partial charge in [0.25, 0.3) is 0 Å². The first-order chi connectivity index (χ1) is 17.8. The molecule has 1 rings (SSSR count). The smallest absolute Gasteiger partial charge is 0.410 e. The van der Waals surface area contributed by atoms with Gasteiger partial charge in [-0.3, -0.25) is 4.90 Å². The Balaban J connectivity index is 2.07. The van der Waals surface area contributed by atoms with Crippen LogP contribution in [0.1, 0.15) is 150 Å². The van der Waals surface area contributed by atoms with Gasteiger partial charge in [0, 0.05) is 7.05 Å². The van der Waals surface area contributed by atoms with E-state index in [0.717, 1.165) is 25.7 Å². The lowest BCUT2D eigenvalue weighted by molar-refractivity contribution is -0.148. The minimum absolute atomic E-state index is 0.0674. The van der Waals surface area contributed by atoms with Crippen molar-refractivity contribution in [2.45, 2.75) is 162 Å². The van der Waals surface area contributed by atoms with E-state index < -0.39 is 12.1 Å². The number of likely N-dealkylation sites (N-methyl/N-ethyl adjacent to an activating group) is 1. The molecule has 218 valence electrons. The second-order valence-electron chi connectivity index (χ2n) is 12.2. The maximum atomic E-state index is 12.8. The number of hydrogen-bond donors (Lipinski definition) is 0. The molecule has 1 amide bonds. The van der Waals surface area contributed by atoms with Gasteiger partial charge in [0.05, 0.1) is 6.61 Å². The van der Waals surface area contributed by atoms with Crippen molar-refractivity contribution in [2.24, 2.45) is 17.8 Å². The van der Waals surface area contributed by atoms with E-state index in [1.54, 1.807) is 14.0 Å². The van der Waals surface area contributed by atoms with Crippen molar-refractivity contribution in [1.82, 2.24) is 4.90 Å². The zero-order chi connectivity index (χ0) is 27.5. The molecule has 5 nitrogen and oxygen atoms in total. The minimum Gasteiger partial charge on any atom is -0.464 e. The third-order valence-electron chi connectivity index (χ3n) is 8.42. The molecule has 0 saturated heterocycles. The van der Waals surface area contributed by atoms with Crippen LogP contribution in [0.4, 0.5) is 4.79 Å². The SMILES string of the molecule is CCCCCCCCCCCCCCCCCOC(=O)C(C)N(C)C(=O)OC1CC(C)CCC1C(C)C. The summed E-state index contributed by atoms with van der Waals surface area (Å²) in [6.07, 6.45) is 22.4. The lowest BCUT2D eigenvalue weighted by Gasteiger charge is -2.37. The molecule has 1 fully saturated rings. The number of unbranched alkanes of at least 4 members (excludes halogenated alkanes) is 14. The van der Waals surface area contributed by atoms with Crippen LogP contribution in [0.2, 0.25) is 0 Å². The number of esters is 1. The first-order valence-corrected chi connectivity index (χ1v) is 15.9. The second kappa shape index (κ2) is 20.7. The zero-order valence-electron chi connectivity index (χ0n) is 25.4. The number of hydrogen-bond acceptors (Lipinski definition) is 4. The first kappa shape index (κ1) is 33.8. The van der Waals surface area contributed by atoms with Crippen LogP contribution in [0, 0.1) is 17.8 Å². The largest absolute Gasteiger partial charge is 0.464 e. The summed E-state index contributed by atoms with van der Waals surface area (Å²) in [6.45, 7) is 11.0. The molecule has 0 spiro atoms. The Morgan fingerprint density at radius 2 is 1.27 bits per heavy atom. The van der Waals surface area contributed by atoms with Crippen molar-refractivity contribution in [2.75, 3.05) is 13.7 Å². The van der Waals surface area contributed by atoms with Gasteiger partial charge in [-0.25, -0.2) is 9.59 Å². The van der Waals surface area contributed by atoms with Crippen LogP contribution >= 0.6 is 0 Å². The van der Waals surface area contributed by atoms with E-state index in [2.05, 4.69) is 27.7 Å². The molecule has 4 unspecified atom stereocenters. The van der Waals surface area contributed by atoms with Gasteiger partial charge in [-0.1, -0.05) is 124 Å². The Kier molecular flexibility index (Phi) is 18.9. The Morgan fingerprint density at radius 1 is 0.784 bits per heavy atom. The highest BCUT2D eigenvalue weighted by Gasteiger charge is 2.35. The van der Waals surface area contributed by atoms with Crippen molar-refractivity contribution in [3.05, 3.63) is 0 Å². The number of rotatable bonds is 20. The topological polar surface area (TPSA) is 55.8 Å². The second-order valence-corrected chi connectivity index (χ2v) is 12.2. The van der Waals surface area contributed by atoms with E-state index in [0.29, 0.717) is 24.4 Å². The summed E-state index contributed by atoms with van der Waals surface area (Å²) < 4.78 is 11.3. The fourth-order valence-electron chi connectivity index (χ4n) is 5.55. The molecule has 0 aromatic heterocycles. The molecule has 1 aliphatic carbocycles. The van der Waals surface area contributed by atoms with Crippen LogP contribution in [0.15, 0.2) is 0 Å². The van der Waals surface area contributed by atoms with E-state index in [1.165, 1.54) is 94.8 Å². The van der Waals surface area contributed by atoms with E-state index >= 15 is 0 Å². The molecule has 0 aromatic carbocycles. The standard InChI is InChI=1S/C32H61NO4/c1-7-8-9-10-11-12-13-14-15-16-17-18-19-20-21-24-36-31(34)28(5)33(6)32(35)37-30-25-27(4)22-23-29(30)26(2)3/h26-30H,7-25H2,1-6H3. The van der Waals surface area contributed by atoms with Crippen LogP contribution in [0.3, 0.4) is 0 Å². The molecule has 0 N–H and O–H groups in total. The van der Waals surface area contributed by atoms with Gasteiger partial charge in [0.1, 0.15) is 12.1 Å². The molecule has 1 aliphatic rings. The van der Waals surface area contributed by atoms with Gasteiger partial charge in [0.2, 0.25) is 0 Å². The van der Waals surface area contributed by atoms with Crippen LogP contribution < -0.4 is 0 Å². The average Bonchev–Trinajstić information content (AvgIpc) is 2.87. The summed E-state index contributed by atoms with van der Waals surface area (Å²) in [5.74, 6) is 1.09. The Labute approximate surface area is 229 Å². The summed E-state index contributed by atoms with van der Waals surface area (Å²) in [5.41, 5.74) is 0. The molecule has 0 heterocycles. The van der Waals surface area contributed by atoms with Gasteiger partial charge in [-0.15, -0.1) is 0 Å². The van der Waals surface area contributed by atoms with E-state index in [9.17, 15) is 9.59 Å². The molecular weight excluding hydrogens is 462 g/mol. The molecule has 37 heavy (non-hydrogen) atoms. The highest BCUT2D eigenvalue weighted by molar-refractivity contribution is 5.80. The molecule has 0 bridgehead atoms. The lowest BCUT2D eigenvalue weighted by atomic mass is 9.75. The average molecular weight is 524 g/mol. The summed E-state index contributed by atoms with van der Waals surface area (Å²) >= 11 is 0. The number of amides is 1. The highest BCUT2D eigenvalue weighted by Crippen LogP contribution is 2.35. The van der Waals surface area contributed by atoms with Crippen molar-refractivity contribution in [3.8, 4) is 0 Å². The van der Waals surface area contributed by atoms with Gasteiger partial charge < -0.3 is 9.47 Å². The van der Waals surface area contributed by atoms with Crippen molar-refractivity contribution in [1.29, 1.82) is 0 Å². The molecule has 4 atom stereocenters. The van der Waals surface area contributed by atoms with Crippen molar-refractivity contribution in [3.63, 3.8) is 0 Å². The molecule has 0 aliphatic heterocycles. The van der Waals surface area contributed by atoms with Crippen LogP contribution in [0.5, 0.6) is 0 Å². The van der Waals surface area contributed by atoms with E-state index in [-0.39, 0.29) is 12.1 Å². The molecule has 5 heteroatoms. The fourth-order valence-corrected chi connectivity index (χ4v) is 5.55. The van der Waals surface area contributed by atoms with Gasteiger partial charge in [-0.2, -0.15) is 0 Å². The maximum absolute atomic E-state index is 12.8. The summed E-state index contributed by atoms with van der Waals surface area (Å²) in [4.78, 5) is 26.6. The predicted molar refractivity (Wildman–Crippen MR) is 155 cm³/mol. The third-order valence-corrected chi connectivity index (χ3v) is 8.42. The number of nitrogens with zero attached hydrogens (tertiary/aromatic N) is 1. The Hall–Kier alpha value is -1.26. The van der Waals surface area contributed by atoms with Gasteiger partial charge >= 0.3 is 12.1 Å². The third kappa shape index (κ3) is 15.1. The summed E-state index contributed by atoms with van der Waals surface area (Å²) in [5, 5.41) is 0. The molecular formula is C32H61NO4. The molecule has 0 radical (unpaired) electrons. The number of carbonyl (C=O) groups excluding carboxylic acids is 2. The van der Waals surface area contributed by atoms with Gasteiger partial charge in [0.15, 0.2) is 0 Å². The zero-order valence-corrected chi connectivity index (χ0v) is 25.4. The summed E-state index contributed by atoms with van der Waals surface area (Å²) in [7, 11) is 1.64. The normalized spacial score (nSPS) is 20.6. The number of carbonyl (C=O) groups is 2. The Morgan fingerprint density at radius 3 is 1.76 bits per heavy atom. The fraction of sp³-hybridized carbons (Fsp3) is 0.938. The highest BCUT2D eigenvalue weighted by atomic mass is 16.6. The predicted octanol–water partition coefficient (Wildman–Crippen LogP) is 9.32. The van der Waals surface area contributed by atoms with Crippen molar-refractivity contribution >= 4 is 12.1 Å². The quantitative estimate of drug-likeness (QED) is 0.118. The molecule has 0 aromatic rings. The lowest BCUT2D eigenvalue weighted by Crippen LogP contribution is -2.45.